The van der Waals surface area contributed by atoms with E-state index in [0.29, 0.717) is 25.4 Å². The van der Waals surface area contributed by atoms with E-state index in [1.807, 2.05) is 6.92 Å². The lowest BCUT2D eigenvalue weighted by Crippen LogP contribution is -2.41. The Balaban J connectivity index is 2.22. The third-order valence-corrected chi connectivity index (χ3v) is 3.43. The number of carbonyl (C=O) groups excluding carboxylic acids is 1. The number of nitrogens with one attached hydrogen (secondary N) is 3. The van der Waals surface area contributed by atoms with E-state index in [0.717, 1.165) is 38.6 Å². The van der Waals surface area contributed by atoms with Crippen molar-refractivity contribution in [1.82, 2.24) is 20.9 Å². The molecule has 0 atom stereocenters. The Kier molecular flexibility index (Phi) is 11.1. The summed E-state index contributed by atoms with van der Waals surface area (Å²) in [6, 6.07) is 3.33. The van der Waals surface area contributed by atoms with Crippen LogP contribution in [0.1, 0.15) is 23.9 Å². The molecular formula is C17H31N5O3. The van der Waals surface area contributed by atoms with Crippen LogP contribution in [0, 0.1) is 0 Å². The molecule has 1 amide bonds. The fourth-order valence-corrected chi connectivity index (χ4v) is 2.12. The highest BCUT2D eigenvalue weighted by Gasteiger charge is 2.06. The van der Waals surface area contributed by atoms with Gasteiger partial charge in [-0.15, -0.1) is 0 Å². The molecule has 1 rings (SSSR count). The van der Waals surface area contributed by atoms with Gasteiger partial charge >= 0.3 is 0 Å². The van der Waals surface area contributed by atoms with Crippen molar-refractivity contribution in [2.24, 2.45) is 4.99 Å². The molecule has 0 fully saturated rings. The largest absolute Gasteiger partial charge is 0.459 e. The molecule has 1 heterocycles. The fraction of sp³-hybridized carbons (Fsp3) is 0.647. The van der Waals surface area contributed by atoms with Crippen LogP contribution in [0.25, 0.3) is 0 Å². The first-order valence-corrected chi connectivity index (χ1v) is 8.68. The smallest absolute Gasteiger partial charge is 0.287 e. The molecule has 0 bridgehead atoms. The average Bonchev–Trinajstić information content (AvgIpc) is 3.13. The molecule has 0 radical (unpaired) electrons. The Morgan fingerprint density at radius 1 is 1.28 bits per heavy atom. The molecule has 0 spiro atoms. The predicted molar refractivity (Wildman–Crippen MR) is 99.0 cm³/mol. The summed E-state index contributed by atoms with van der Waals surface area (Å²) in [5.74, 6) is 0.851. The van der Waals surface area contributed by atoms with Gasteiger partial charge in [-0.05, 0) is 32.5 Å². The molecule has 0 saturated carbocycles. The first-order valence-electron chi connectivity index (χ1n) is 8.68. The van der Waals surface area contributed by atoms with E-state index in [2.05, 4.69) is 32.9 Å². The zero-order valence-corrected chi connectivity index (χ0v) is 15.5. The summed E-state index contributed by atoms with van der Waals surface area (Å²) in [6.45, 7) is 7.24. The van der Waals surface area contributed by atoms with Gasteiger partial charge in [-0.2, -0.15) is 0 Å². The first kappa shape index (κ1) is 21.0. The predicted octanol–water partition coefficient (Wildman–Crippen LogP) is 0.533. The number of nitrogens with zero attached hydrogens (tertiary/aromatic N) is 2. The third-order valence-electron chi connectivity index (χ3n) is 3.43. The van der Waals surface area contributed by atoms with Crippen molar-refractivity contribution in [3.05, 3.63) is 24.2 Å². The number of furan rings is 1. The molecule has 3 N–H and O–H groups in total. The van der Waals surface area contributed by atoms with Gasteiger partial charge in [-0.1, -0.05) is 0 Å². The van der Waals surface area contributed by atoms with Gasteiger partial charge in [0, 0.05) is 46.4 Å². The van der Waals surface area contributed by atoms with Crippen molar-refractivity contribution in [2.75, 3.05) is 60.0 Å². The van der Waals surface area contributed by atoms with Crippen molar-refractivity contribution in [2.45, 2.75) is 13.3 Å². The highest BCUT2D eigenvalue weighted by Crippen LogP contribution is 1.98. The zero-order chi connectivity index (χ0) is 18.3. The number of hydrogen-bond acceptors (Lipinski definition) is 5. The Labute approximate surface area is 150 Å². The van der Waals surface area contributed by atoms with Crippen molar-refractivity contribution in [3.8, 4) is 0 Å². The van der Waals surface area contributed by atoms with Crippen LogP contribution in [0.3, 0.4) is 0 Å². The average molecular weight is 353 g/mol. The summed E-state index contributed by atoms with van der Waals surface area (Å²) in [6.07, 6.45) is 2.50. The standard InChI is InChI=1S/C17H31N5O3/c1-4-18-17(21-10-12-22(2)11-6-13-24-3)20-9-8-19-16(23)15-7-5-14-25-15/h5,7,14H,4,6,8-13H2,1-3H3,(H,19,23)(H2,18,20,21). The van der Waals surface area contributed by atoms with E-state index < -0.39 is 0 Å². The van der Waals surface area contributed by atoms with Crippen molar-refractivity contribution in [3.63, 3.8) is 0 Å². The number of guanidine groups is 1. The number of hydrogen-bond donors (Lipinski definition) is 3. The Morgan fingerprint density at radius 3 is 2.76 bits per heavy atom. The Morgan fingerprint density at radius 2 is 2.08 bits per heavy atom. The molecule has 8 heteroatoms. The Hall–Kier alpha value is -2.06. The number of methoxy groups -OCH3 is 1. The second-order valence-electron chi connectivity index (χ2n) is 5.57. The van der Waals surface area contributed by atoms with Crippen LogP contribution >= 0.6 is 0 Å². The molecule has 142 valence electrons. The lowest BCUT2D eigenvalue weighted by molar-refractivity contribution is 0.0926. The quantitative estimate of drug-likeness (QED) is 0.289. The highest BCUT2D eigenvalue weighted by molar-refractivity contribution is 5.91. The van der Waals surface area contributed by atoms with Gasteiger partial charge in [-0.3, -0.25) is 9.79 Å². The highest BCUT2D eigenvalue weighted by atomic mass is 16.5. The van der Waals surface area contributed by atoms with Crippen molar-refractivity contribution in [1.29, 1.82) is 0 Å². The van der Waals surface area contributed by atoms with Gasteiger partial charge in [0.2, 0.25) is 0 Å². The van der Waals surface area contributed by atoms with Crippen molar-refractivity contribution >= 4 is 11.9 Å². The van der Waals surface area contributed by atoms with Gasteiger partial charge in [-0.25, -0.2) is 0 Å². The molecule has 1 aromatic heterocycles. The van der Waals surface area contributed by atoms with E-state index in [-0.39, 0.29) is 5.91 Å². The van der Waals surface area contributed by atoms with E-state index >= 15 is 0 Å². The summed E-state index contributed by atoms with van der Waals surface area (Å²) in [5, 5.41) is 9.18. The summed E-state index contributed by atoms with van der Waals surface area (Å²) < 4.78 is 10.1. The number of amides is 1. The molecule has 0 aliphatic rings. The number of carbonyl (C=O) groups is 1. The molecular weight excluding hydrogens is 322 g/mol. The van der Waals surface area contributed by atoms with Gasteiger partial charge in [0.25, 0.3) is 5.91 Å². The topological polar surface area (TPSA) is 91.1 Å². The van der Waals surface area contributed by atoms with Gasteiger partial charge in [0.05, 0.1) is 12.8 Å². The molecule has 0 aromatic carbocycles. The molecule has 0 aliphatic carbocycles. The second-order valence-corrected chi connectivity index (χ2v) is 5.57. The number of likely N-dealkylation sites (N-methyl/N-ethyl adjacent to an activating group) is 1. The Bertz CT molecular complexity index is 490. The van der Waals surface area contributed by atoms with Gasteiger partial charge in [0.1, 0.15) is 0 Å². The van der Waals surface area contributed by atoms with Crippen LogP contribution in [0.2, 0.25) is 0 Å². The summed E-state index contributed by atoms with van der Waals surface area (Å²) in [7, 11) is 3.80. The van der Waals surface area contributed by atoms with Crippen LogP contribution < -0.4 is 16.0 Å². The minimum Gasteiger partial charge on any atom is -0.459 e. The molecule has 1 aromatic rings. The van der Waals surface area contributed by atoms with E-state index in [4.69, 9.17) is 9.15 Å². The summed E-state index contributed by atoms with van der Waals surface area (Å²) in [4.78, 5) is 18.5. The maximum absolute atomic E-state index is 11.7. The van der Waals surface area contributed by atoms with Crippen LogP contribution in [-0.4, -0.2) is 76.8 Å². The molecule has 0 saturated heterocycles. The molecule has 0 aliphatic heterocycles. The van der Waals surface area contributed by atoms with E-state index in [1.165, 1.54) is 6.26 Å². The van der Waals surface area contributed by atoms with E-state index in [9.17, 15) is 4.79 Å². The lowest BCUT2D eigenvalue weighted by Gasteiger charge is -2.16. The molecule has 8 nitrogen and oxygen atoms in total. The summed E-state index contributed by atoms with van der Waals surface area (Å²) in [5.41, 5.74) is 0. The minimum absolute atomic E-state index is 0.216. The fourth-order valence-electron chi connectivity index (χ4n) is 2.12. The van der Waals surface area contributed by atoms with Gasteiger partial charge < -0.3 is 30.0 Å². The maximum Gasteiger partial charge on any atom is 0.287 e. The number of ether oxygens (including phenoxy) is 1. The maximum atomic E-state index is 11.7. The van der Waals surface area contributed by atoms with Crippen LogP contribution in [0.5, 0.6) is 0 Å². The first-order chi connectivity index (χ1) is 12.2. The van der Waals surface area contributed by atoms with E-state index in [1.54, 1.807) is 19.2 Å². The van der Waals surface area contributed by atoms with Crippen LogP contribution in [0.15, 0.2) is 27.8 Å². The molecule has 0 unspecified atom stereocenters. The number of rotatable bonds is 12. The minimum atomic E-state index is -0.216. The van der Waals surface area contributed by atoms with Crippen LogP contribution in [0.4, 0.5) is 0 Å². The normalized spacial score (nSPS) is 11.6. The van der Waals surface area contributed by atoms with Gasteiger partial charge in [0.15, 0.2) is 11.7 Å². The second kappa shape index (κ2) is 13.3. The lowest BCUT2D eigenvalue weighted by atomic mass is 10.4. The SMILES string of the molecule is CCNC(=NCCN(C)CCCOC)NCCNC(=O)c1ccco1. The zero-order valence-electron chi connectivity index (χ0n) is 15.5. The van der Waals surface area contributed by atoms with Crippen molar-refractivity contribution < 1.29 is 13.9 Å². The summed E-state index contributed by atoms with van der Waals surface area (Å²) >= 11 is 0. The monoisotopic (exact) mass is 353 g/mol. The third kappa shape index (κ3) is 9.73. The van der Waals surface area contributed by atoms with Crippen LogP contribution in [-0.2, 0) is 4.74 Å². The molecule has 25 heavy (non-hydrogen) atoms. The number of aliphatic imine (C=N–C) groups is 1.